The summed E-state index contributed by atoms with van der Waals surface area (Å²) in [5, 5.41) is 2.25. The summed E-state index contributed by atoms with van der Waals surface area (Å²) in [5.74, 6) is -1.60. The zero-order chi connectivity index (χ0) is 21.3. The standard InChI is InChI=1S/C23H18F2N2O2S/c1-14-9-10-19(25)20(11-14)27-21(28)13-30-23(27)15-5-4-6-16(12-15)26-22(29)17-7-2-3-8-18(17)24/h2-12,23H,13H2,1H3,(H,26,29)/t23-/m0/s1. The van der Waals surface area contributed by atoms with Gasteiger partial charge in [0.1, 0.15) is 17.0 Å². The fourth-order valence-corrected chi connectivity index (χ4v) is 4.51. The fourth-order valence-electron chi connectivity index (χ4n) is 3.35. The first kappa shape index (κ1) is 20.1. The van der Waals surface area contributed by atoms with Crippen LogP contribution in [0.25, 0.3) is 0 Å². The number of nitrogens with zero attached hydrogens (tertiary/aromatic N) is 1. The molecule has 0 radical (unpaired) electrons. The lowest BCUT2D eigenvalue weighted by molar-refractivity contribution is -0.115. The van der Waals surface area contributed by atoms with E-state index in [1.807, 2.05) is 13.0 Å². The number of nitrogens with one attached hydrogen (secondary N) is 1. The molecule has 4 nitrogen and oxygen atoms in total. The Morgan fingerprint density at radius 1 is 1.03 bits per heavy atom. The zero-order valence-corrected chi connectivity index (χ0v) is 16.9. The molecule has 4 rings (SSSR count). The van der Waals surface area contributed by atoms with E-state index < -0.39 is 22.9 Å². The third-order valence-electron chi connectivity index (χ3n) is 4.78. The molecule has 2 amide bonds. The van der Waals surface area contributed by atoms with Crippen LogP contribution in [0.1, 0.15) is 26.9 Å². The fraction of sp³-hybridized carbons (Fsp3) is 0.130. The number of thioether (sulfide) groups is 1. The van der Waals surface area contributed by atoms with Gasteiger partial charge in [-0.25, -0.2) is 8.78 Å². The predicted octanol–water partition coefficient (Wildman–Crippen LogP) is 5.30. The predicted molar refractivity (Wildman–Crippen MR) is 115 cm³/mol. The van der Waals surface area contributed by atoms with E-state index in [0.29, 0.717) is 5.69 Å². The molecular formula is C23H18F2N2O2S. The number of anilines is 2. The molecule has 0 saturated carbocycles. The van der Waals surface area contributed by atoms with E-state index in [-0.39, 0.29) is 22.9 Å². The van der Waals surface area contributed by atoms with Gasteiger partial charge in [0, 0.05) is 5.69 Å². The lowest BCUT2D eigenvalue weighted by atomic mass is 10.1. The van der Waals surface area contributed by atoms with E-state index >= 15 is 0 Å². The first-order chi connectivity index (χ1) is 14.4. The highest BCUT2D eigenvalue weighted by Crippen LogP contribution is 2.43. The second-order valence-electron chi connectivity index (χ2n) is 6.94. The summed E-state index contributed by atoms with van der Waals surface area (Å²) in [6.07, 6.45) is 0. The van der Waals surface area contributed by atoms with Crippen LogP contribution in [0.15, 0.2) is 66.7 Å². The van der Waals surface area contributed by atoms with Crippen LogP contribution in [0.3, 0.4) is 0 Å². The maximum Gasteiger partial charge on any atom is 0.258 e. The quantitative estimate of drug-likeness (QED) is 0.618. The van der Waals surface area contributed by atoms with Crippen molar-refractivity contribution in [2.24, 2.45) is 0 Å². The maximum atomic E-state index is 14.5. The molecule has 0 unspecified atom stereocenters. The molecule has 0 bridgehead atoms. The molecule has 1 aliphatic rings. The Balaban J connectivity index is 1.63. The number of amides is 2. The van der Waals surface area contributed by atoms with Crippen LogP contribution >= 0.6 is 11.8 Å². The Hall–Kier alpha value is -3.19. The van der Waals surface area contributed by atoms with Crippen LogP contribution in [0.2, 0.25) is 0 Å². The van der Waals surface area contributed by atoms with E-state index in [1.54, 1.807) is 36.4 Å². The van der Waals surface area contributed by atoms with Crippen molar-refractivity contribution in [2.45, 2.75) is 12.3 Å². The van der Waals surface area contributed by atoms with Gasteiger partial charge >= 0.3 is 0 Å². The Labute approximate surface area is 176 Å². The zero-order valence-electron chi connectivity index (χ0n) is 16.1. The Bertz CT molecular complexity index is 1140. The Morgan fingerprint density at radius 2 is 1.83 bits per heavy atom. The largest absolute Gasteiger partial charge is 0.322 e. The molecule has 152 valence electrons. The van der Waals surface area contributed by atoms with Crippen LogP contribution in [-0.4, -0.2) is 17.6 Å². The molecule has 1 fully saturated rings. The second kappa shape index (κ2) is 8.28. The molecule has 7 heteroatoms. The summed E-state index contributed by atoms with van der Waals surface area (Å²) in [5.41, 5.74) is 2.22. The number of hydrogen-bond donors (Lipinski definition) is 1. The number of hydrogen-bond acceptors (Lipinski definition) is 3. The lowest BCUT2D eigenvalue weighted by Crippen LogP contribution is -2.28. The van der Waals surface area contributed by atoms with Crippen molar-refractivity contribution in [1.82, 2.24) is 0 Å². The van der Waals surface area contributed by atoms with Crippen LogP contribution in [-0.2, 0) is 4.79 Å². The van der Waals surface area contributed by atoms with Crippen molar-refractivity contribution in [3.8, 4) is 0 Å². The van der Waals surface area contributed by atoms with Crippen LogP contribution in [0.4, 0.5) is 20.2 Å². The molecule has 0 aliphatic carbocycles. The monoisotopic (exact) mass is 424 g/mol. The number of carbonyl (C=O) groups is 2. The maximum absolute atomic E-state index is 14.5. The van der Waals surface area contributed by atoms with Gasteiger partial charge in [-0.2, -0.15) is 0 Å². The Kier molecular flexibility index (Phi) is 5.55. The minimum Gasteiger partial charge on any atom is -0.322 e. The molecule has 0 spiro atoms. The minimum atomic E-state index is -0.607. The molecule has 1 aliphatic heterocycles. The van der Waals surface area contributed by atoms with E-state index in [9.17, 15) is 18.4 Å². The van der Waals surface area contributed by atoms with Gasteiger partial charge in [0.25, 0.3) is 5.91 Å². The topological polar surface area (TPSA) is 49.4 Å². The summed E-state index contributed by atoms with van der Waals surface area (Å²) in [6.45, 7) is 1.84. The van der Waals surface area contributed by atoms with Crippen molar-refractivity contribution >= 4 is 35.0 Å². The van der Waals surface area contributed by atoms with Crippen molar-refractivity contribution in [3.63, 3.8) is 0 Å². The third kappa shape index (κ3) is 3.93. The highest BCUT2D eigenvalue weighted by Gasteiger charge is 2.35. The van der Waals surface area contributed by atoms with Gasteiger partial charge < -0.3 is 5.32 Å². The van der Waals surface area contributed by atoms with Gasteiger partial charge in [0.15, 0.2) is 0 Å². The van der Waals surface area contributed by atoms with Gasteiger partial charge in [-0.1, -0.05) is 30.3 Å². The van der Waals surface area contributed by atoms with Gasteiger partial charge in [-0.05, 0) is 54.4 Å². The molecule has 3 aromatic carbocycles. The average molecular weight is 424 g/mol. The molecule has 30 heavy (non-hydrogen) atoms. The van der Waals surface area contributed by atoms with E-state index in [1.165, 1.54) is 40.9 Å². The van der Waals surface area contributed by atoms with E-state index in [2.05, 4.69) is 5.32 Å². The summed E-state index contributed by atoms with van der Waals surface area (Å²) >= 11 is 1.38. The van der Waals surface area contributed by atoms with Gasteiger partial charge in [-0.3, -0.25) is 14.5 Å². The summed E-state index contributed by atoms with van der Waals surface area (Å²) in [7, 11) is 0. The third-order valence-corrected chi connectivity index (χ3v) is 5.99. The second-order valence-corrected chi connectivity index (χ2v) is 8.01. The molecule has 3 aromatic rings. The first-order valence-electron chi connectivity index (χ1n) is 9.29. The van der Waals surface area contributed by atoms with E-state index in [0.717, 1.165) is 11.1 Å². The average Bonchev–Trinajstić information content (AvgIpc) is 3.11. The smallest absolute Gasteiger partial charge is 0.258 e. The Morgan fingerprint density at radius 3 is 2.63 bits per heavy atom. The van der Waals surface area contributed by atoms with Gasteiger partial charge in [0.2, 0.25) is 5.91 Å². The molecule has 1 atom stereocenters. The lowest BCUT2D eigenvalue weighted by Gasteiger charge is -2.25. The molecular weight excluding hydrogens is 406 g/mol. The van der Waals surface area contributed by atoms with Gasteiger partial charge in [0.05, 0.1) is 17.0 Å². The normalized spacial score (nSPS) is 16.0. The van der Waals surface area contributed by atoms with Crippen LogP contribution < -0.4 is 10.2 Å². The van der Waals surface area contributed by atoms with Crippen molar-refractivity contribution in [1.29, 1.82) is 0 Å². The molecule has 1 heterocycles. The minimum absolute atomic E-state index is 0.0585. The summed E-state index contributed by atoms with van der Waals surface area (Å²) in [6, 6.07) is 17.3. The molecule has 0 aromatic heterocycles. The number of halogens is 2. The van der Waals surface area contributed by atoms with Crippen molar-refractivity contribution in [2.75, 3.05) is 16.0 Å². The van der Waals surface area contributed by atoms with Crippen molar-refractivity contribution < 1.29 is 18.4 Å². The van der Waals surface area contributed by atoms with Crippen LogP contribution in [0.5, 0.6) is 0 Å². The first-order valence-corrected chi connectivity index (χ1v) is 10.3. The summed E-state index contributed by atoms with van der Waals surface area (Å²) in [4.78, 5) is 26.4. The number of carbonyl (C=O) groups excluding carboxylic acids is 2. The molecule has 1 saturated heterocycles. The van der Waals surface area contributed by atoms with Crippen molar-refractivity contribution in [3.05, 3.63) is 95.1 Å². The number of rotatable bonds is 4. The highest BCUT2D eigenvalue weighted by atomic mass is 32.2. The number of benzene rings is 3. The van der Waals surface area contributed by atoms with E-state index in [4.69, 9.17) is 0 Å². The van der Waals surface area contributed by atoms with Crippen LogP contribution in [0, 0.1) is 18.6 Å². The SMILES string of the molecule is Cc1ccc(F)c(N2C(=O)CS[C@H]2c2cccc(NC(=O)c3ccccc3F)c2)c1. The molecule has 1 N–H and O–H groups in total. The highest BCUT2D eigenvalue weighted by molar-refractivity contribution is 8.00. The summed E-state index contributed by atoms with van der Waals surface area (Å²) < 4.78 is 28.3. The number of aryl methyl sites for hydroxylation is 1. The van der Waals surface area contributed by atoms with Gasteiger partial charge in [-0.15, -0.1) is 11.8 Å².